The number of methoxy groups -OCH3 is 1. The molecule has 1 unspecified atom stereocenters. The molecule has 0 saturated carbocycles. The molecule has 0 heterocycles. The third kappa shape index (κ3) is 2.72. The number of hydrogen-bond donors (Lipinski definition) is 1. The Morgan fingerprint density at radius 3 is 2.58 bits per heavy atom. The van der Waals surface area contributed by atoms with E-state index in [0.717, 1.165) is 11.3 Å². The Labute approximate surface area is 79.1 Å². The Balaban J connectivity index is 0.00000121. The SMILES string of the molecule is COc1cccc(C(C)N)c1.Cl. The van der Waals surface area contributed by atoms with Crippen molar-refractivity contribution < 1.29 is 4.74 Å². The van der Waals surface area contributed by atoms with Crippen LogP contribution in [0.15, 0.2) is 24.3 Å². The molecule has 0 aliphatic carbocycles. The lowest BCUT2D eigenvalue weighted by molar-refractivity contribution is 0.414. The molecule has 2 nitrogen and oxygen atoms in total. The first-order valence-corrected chi connectivity index (χ1v) is 3.63. The second-order valence-electron chi connectivity index (χ2n) is 2.57. The van der Waals surface area contributed by atoms with Gasteiger partial charge >= 0.3 is 0 Å². The summed E-state index contributed by atoms with van der Waals surface area (Å²) in [6.07, 6.45) is 0. The minimum Gasteiger partial charge on any atom is -0.497 e. The van der Waals surface area contributed by atoms with Gasteiger partial charge in [-0.15, -0.1) is 12.4 Å². The van der Waals surface area contributed by atoms with E-state index in [4.69, 9.17) is 10.5 Å². The van der Waals surface area contributed by atoms with Crippen molar-refractivity contribution >= 4 is 12.4 Å². The molecule has 0 spiro atoms. The van der Waals surface area contributed by atoms with Gasteiger partial charge in [0.25, 0.3) is 0 Å². The summed E-state index contributed by atoms with van der Waals surface area (Å²) in [6, 6.07) is 7.87. The summed E-state index contributed by atoms with van der Waals surface area (Å²) in [4.78, 5) is 0. The second-order valence-corrected chi connectivity index (χ2v) is 2.57. The van der Waals surface area contributed by atoms with E-state index in [1.807, 2.05) is 31.2 Å². The third-order valence-corrected chi connectivity index (χ3v) is 1.62. The zero-order valence-corrected chi connectivity index (χ0v) is 8.10. The van der Waals surface area contributed by atoms with E-state index in [2.05, 4.69) is 0 Å². The highest BCUT2D eigenvalue weighted by atomic mass is 35.5. The maximum Gasteiger partial charge on any atom is 0.119 e. The Morgan fingerprint density at radius 2 is 2.08 bits per heavy atom. The Morgan fingerprint density at radius 1 is 1.42 bits per heavy atom. The highest BCUT2D eigenvalue weighted by Gasteiger charge is 1.98. The van der Waals surface area contributed by atoms with Crippen LogP contribution in [0.1, 0.15) is 18.5 Å². The van der Waals surface area contributed by atoms with E-state index in [1.54, 1.807) is 7.11 Å². The number of ether oxygens (including phenoxy) is 1. The van der Waals surface area contributed by atoms with Crippen LogP contribution in [0.5, 0.6) is 5.75 Å². The molecule has 0 radical (unpaired) electrons. The van der Waals surface area contributed by atoms with Gasteiger partial charge in [0.15, 0.2) is 0 Å². The number of rotatable bonds is 2. The summed E-state index contributed by atoms with van der Waals surface area (Å²) < 4.78 is 5.05. The van der Waals surface area contributed by atoms with Gasteiger partial charge in [-0.25, -0.2) is 0 Å². The van der Waals surface area contributed by atoms with Gasteiger partial charge in [0.05, 0.1) is 7.11 Å². The molecule has 1 rings (SSSR count). The van der Waals surface area contributed by atoms with E-state index in [-0.39, 0.29) is 18.4 Å². The molecule has 12 heavy (non-hydrogen) atoms. The standard InChI is InChI=1S/C9H13NO.ClH/c1-7(10)8-4-3-5-9(6-8)11-2;/h3-7H,10H2,1-2H3;1H. The summed E-state index contributed by atoms with van der Waals surface area (Å²) in [6.45, 7) is 1.95. The predicted molar refractivity (Wildman–Crippen MR) is 52.8 cm³/mol. The summed E-state index contributed by atoms with van der Waals surface area (Å²) in [5.74, 6) is 0.861. The zero-order chi connectivity index (χ0) is 8.27. The predicted octanol–water partition coefficient (Wildman–Crippen LogP) is 2.14. The van der Waals surface area contributed by atoms with Crippen molar-refractivity contribution in [3.05, 3.63) is 29.8 Å². The monoisotopic (exact) mass is 187 g/mol. The highest BCUT2D eigenvalue weighted by molar-refractivity contribution is 5.85. The van der Waals surface area contributed by atoms with Gasteiger partial charge in [0.1, 0.15) is 5.75 Å². The molecule has 0 aliphatic rings. The molecular formula is C9H14ClNO. The van der Waals surface area contributed by atoms with E-state index in [0.29, 0.717) is 0 Å². The molecule has 3 heteroatoms. The fraction of sp³-hybridized carbons (Fsp3) is 0.333. The fourth-order valence-electron chi connectivity index (χ4n) is 0.925. The van der Waals surface area contributed by atoms with Crippen LogP contribution in [-0.4, -0.2) is 7.11 Å². The van der Waals surface area contributed by atoms with Crippen molar-refractivity contribution in [2.24, 2.45) is 5.73 Å². The maximum absolute atomic E-state index is 5.68. The molecule has 68 valence electrons. The van der Waals surface area contributed by atoms with Gasteiger partial charge < -0.3 is 10.5 Å². The van der Waals surface area contributed by atoms with Gasteiger partial charge in [-0.1, -0.05) is 12.1 Å². The quantitative estimate of drug-likeness (QED) is 0.770. The van der Waals surface area contributed by atoms with Crippen LogP contribution in [-0.2, 0) is 0 Å². The van der Waals surface area contributed by atoms with Crippen LogP contribution >= 0.6 is 12.4 Å². The molecule has 0 fully saturated rings. The lowest BCUT2D eigenvalue weighted by Crippen LogP contribution is -2.04. The van der Waals surface area contributed by atoms with Gasteiger partial charge in [-0.05, 0) is 24.6 Å². The average Bonchev–Trinajstić information content (AvgIpc) is 2.05. The fourth-order valence-corrected chi connectivity index (χ4v) is 0.925. The summed E-state index contributed by atoms with van der Waals surface area (Å²) in [5.41, 5.74) is 6.78. The number of hydrogen-bond acceptors (Lipinski definition) is 2. The number of nitrogens with two attached hydrogens (primary N) is 1. The van der Waals surface area contributed by atoms with E-state index >= 15 is 0 Å². The van der Waals surface area contributed by atoms with Crippen molar-refractivity contribution in [1.82, 2.24) is 0 Å². The topological polar surface area (TPSA) is 35.2 Å². The minimum absolute atomic E-state index is 0. The van der Waals surface area contributed by atoms with E-state index in [9.17, 15) is 0 Å². The molecule has 0 amide bonds. The Kier molecular flexibility index (Phi) is 4.71. The molecule has 2 N–H and O–H groups in total. The van der Waals surface area contributed by atoms with E-state index < -0.39 is 0 Å². The number of benzene rings is 1. The van der Waals surface area contributed by atoms with Crippen molar-refractivity contribution in [3.8, 4) is 5.75 Å². The van der Waals surface area contributed by atoms with Crippen molar-refractivity contribution in [3.63, 3.8) is 0 Å². The molecule has 1 aromatic carbocycles. The summed E-state index contributed by atoms with van der Waals surface area (Å²) in [5, 5.41) is 0. The smallest absolute Gasteiger partial charge is 0.119 e. The molecule has 0 saturated heterocycles. The van der Waals surface area contributed by atoms with Crippen LogP contribution < -0.4 is 10.5 Å². The van der Waals surface area contributed by atoms with Gasteiger partial charge in [-0.2, -0.15) is 0 Å². The maximum atomic E-state index is 5.68. The van der Waals surface area contributed by atoms with Gasteiger partial charge in [-0.3, -0.25) is 0 Å². The first kappa shape index (κ1) is 11.3. The Hall–Kier alpha value is -0.730. The molecule has 1 aromatic rings. The summed E-state index contributed by atoms with van der Waals surface area (Å²) in [7, 11) is 1.65. The first-order valence-electron chi connectivity index (χ1n) is 3.63. The van der Waals surface area contributed by atoms with E-state index in [1.165, 1.54) is 0 Å². The third-order valence-electron chi connectivity index (χ3n) is 1.62. The lowest BCUT2D eigenvalue weighted by Gasteiger charge is -2.06. The number of halogens is 1. The Bertz CT molecular complexity index is 238. The first-order chi connectivity index (χ1) is 5.24. The molecule has 0 aliphatic heterocycles. The van der Waals surface area contributed by atoms with Crippen LogP contribution in [0.25, 0.3) is 0 Å². The normalized spacial score (nSPS) is 11.6. The van der Waals surface area contributed by atoms with Gasteiger partial charge in [0.2, 0.25) is 0 Å². The minimum atomic E-state index is 0. The highest BCUT2D eigenvalue weighted by Crippen LogP contribution is 2.16. The van der Waals surface area contributed by atoms with Crippen molar-refractivity contribution in [2.75, 3.05) is 7.11 Å². The van der Waals surface area contributed by atoms with Crippen molar-refractivity contribution in [1.29, 1.82) is 0 Å². The van der Waals surface area contributed by atoms with Crippen LogP contribution in [0.4, 0.5) is 0 Å². The zero-order valence-electron chi connectivity index (χ0n) is 7.28. The molecule has 0 bridgehead atoms. The average molecular weight is 188 g/mol. The lowest BCUT2D eigenvalue weighted by atomic mass is 10.1. The molecule has 0 aromatic heterocycles. The van der Waals surface area contributed by atoms with Crippen LogP contribution in [0, 0.1) is 0 Å². The van der Waals surface area contributed by atoms with Gasteiger partial charge in [0, 0.05) is 6.04 Å². The second kappa shape index (κ2) is 5.01. The van der Waals surface area contributed by atoms with Crippen LogP contribution in [0.2, 0.25) is 0 Å². The summed E-state index contributed by atoms with van der Waals surface area (Å²) >= 11 is 0. The largest absolute Gasteiger partial charge is 0.497 e. The van der Waals surface area contributed by atoms with Crippen LogP contribution in [0.3, 0.4) is 0 Å². The molecule has 1 atom stereocenters. The van der Waals surface area contributed by atoms with Crippen molar-refractivity contribution in [2.45, 2.75) is 13.0 Å². The molecular weight excluding hydrogens is 174 g/mol.